The summed E-state index contributed by atoms with van der Waals surface area (Å²) in [5.74, 6) is 4.68. The van der Waals surface area contributed by atoms with E-state index >= 15 is 0 Å². The van der Waals surface area contributed by atoms with Crippen LogP contribution in [0.25, 0.3) is 0 Å². The zero-order valence-electron chi connectivity index (χ0n) is 18.4. The van der Waals surface area contributed by atoms with Gasteiger partial charge in [0.1, 0.15) is 12.4 Å². The van der Waals surface area contributed by atoms with Crippen LogP contribution in [0.5, 0.6) is 11.5 Å². The lowest BCUT2D eigenvalue weighted by Gasteiger charge is -2.54. The SMILES string of the molecule is CCOc1cc(CNC2C3CC4CC(C3)CC2C4)c(Br)cc1OCc1ccc(F)cc1Cl. The standard InChI is InChI=1S/C26H30BrClFNO2/c1-2-31-24-10-20(13-30-26-18-6-15-5-16(8-18)9-19(26)7-15)22(27)12-25(24)32-14-17-3-4-21(29)11-23(17)28/h3-4,10-12,15-16,18-19,26,30H,2,5-9,13-14H2,1H3. The van der Waals surface area contributed by atoms with Crippen molar-refractivity contribution >= 4 is 27.5 Å². The molecule has 0 amide bonds. The van der Waals surface area contributed by atoms with E-state index in [1.54, 1.807) is 6.07 Å². The zero-order valence-corrected chi connectivity index (χ0v) is 20.7. The van der Waals surface area contributed by atoms with Gasteiger partial charge >= 0.3 is 0 Å². The molecule has 32 heavy (non-hydrogen) atoms. The lowest BCUT2D eigenvalue weighted by Crippen LogP contribution is -2.54. The normalized spacial score (nSPS) is 28.2. The Balaban J connectivity index is 1.28. The van der Waals surface area contributed by atoms with E-state index in [9.17, 15) is 4.39 Å². The van der Waals surface area contributed by atoms with Crippen molar-refractivity contribution in [2.24, 2.45) is 23.7 Å². The molecular weight excluding hydrogens is 493 g/mol. The fourth-order valence-corrected chi connectivity index (χ4v) is 7.06. The maximum atomic E-state index is 13.3. The molecule has 6 heteroatoms. The summed E-state index contributed by atoms with van der Waals surface area (Å²) in [6.45, 7) is 3.58. The maximum absolute atomic E-state index is 13.3. The minimum absolute atomic E-state index is 0.247. The maximum Gasteiger partial charge on any atom is 0.162 e. The molecule has 3 nitrogen and oxygen atoms in total. The van der Waals surface area contributed by atoms with Gasteiger partial charge in [0, 0.05) is 22.6 Å². The smallest absolute Gasteiger partial charge is 0.162 e. The minimum Gasteiger partial charge on any atom is -0.490 e. The molecule has 4 aliphatic carbocycles. The largest absolute Gasteiger partial charge is 0.490 e. The molecular formula is C26H30BrClFNO2. The molecule has 0 unspecified atom stereocenters. The second kappa shape index (κ2) is 9.52. The second-order valence-electron chi connectivity index (χ2n) is 9.69. The molecule has 0 radical (unpaired) electrons. The molecule has 0 aliphatic heterocycles. The van der Waals surface area contributed by atoms with Crippen LogP contribution < -0.4 is 14.8 Å². The summed E-state index contributed by atoms with van der Waals surface area (Å²) in [5, 5.41) is 4.26. The molecule has 4 fully saturated rings. The van der Waals surface area contributed by atoms with E-state index in [0.717, 1.165) is 46.0 Å². The lowest BCUT2D eigenvalue weighted by atomic mass is 9.54. The van der Waals surface area contributed by atoms with Crippen molar-refractivity contribution in [3.8, 4) is 11.5 Å². The summed E-state index contributed by atoms with van der Waals surface area (Å²) < 4.78 is 26.2. The van der Waals surface area contributed by atoms with E-state index in [2.05, 4.69) is 27.3 Å². The van der Waals surface area contributed by atoms with Crippen LogP contribution in [0.3, 0.4) is 0 Å². The Hall–Kier alpha value is -1.30. The van der Waals surface area contributed by atoms with Crippen molar-refractivity contribution < 1.29 is 13.9 Å². The van der Waals surface area contributed by atoms with Crippen LogP contribution in [0, 0.1) is 29.5 Å². The molecule has 0 atom stereocenters. The Kier molecular flexibility index (Phi) is 6.69. The first-order chi connectivity index (χ1) is 15.5. The average molecular weight is 523 g/mol. The van der Waals surface area contributed by atoms with E-state index in [1.165, 1.54) is 49.8 Å². The van der Waals surface area contributed by atoms with E-state index in [4.69, 9.17) is 21.1 Å². The summed E-state index contributed by atoms with van der Waals surface area (Å²) in [7, 11) is 0. The van der Waals surface area contributed by atoms with Crippen molar-refractivity contribution in [1.29, 1.82) is 0 Å². The molecule has 4 bridgehead atoms. The predicted octanol–water partition coefficient (Wildman–Crippen LogP) is 7.13. The van der Waals surface area contributed by atoms with Crippen LogP contribution in [0.2, 0.25) is 5.02 Å². The second-order valence-corrected chi connectivity index (χ2v) is 10.9. The monoisotopic (exact) mass is 521 g/mol. The lowest BCUT2D eigenvalue weighted by molar-refractivity contribution is -0.0142. The van der Waals surface area contributed by atoms with Gasteiger partial charge in [-0.1, -0.05) is 33.6 Å². The van der Waals surface area contributed by atoms with Crippen LogP contribution in [-0.4, -0.2) is 12.6 Å². The Morgan fingerprint density at radius 2 is 1.66 bits per heavy atom. The molecule has 6 rings (SSSR count). The van der Waals surface area contributed by atoms with Crippen molar-refractivity contribution in [2.75, 3.05) is 6.61 Å². The summed E-state index contributed by atoms with van der Waals surface area (Å²) in [6, 6.07) is 9.02. The summed E-state index contributed by atoms with van der Waals surface area (Å²) in [4.78, 5) is 0. The molecule has 0 spiro atoms. The molecule has 2 aromatic carbocycles. The summed E-state index contributed by atoms with van der Waals surface area (Å²) in [5.41, 5.74) is 1.91. The molecule has 0 aromatic heterocycles. The highest BCUT2D eigenvalue weighted by Crippen LogP contribution is 2.53. The van der Waals surface area contributed by atoms with Crippen LogP contribution in [0.1, 0.15) is 50.2 Å². The van der Waals surface area contributed by atoms with E-state index in [-0.39, 0.29) is 12.4 Å². The van der Waals surface area contributed by atoms with Crippen molar-refractivity contribution in [3.63, 3.8) is 0 Å². The zero-order chi connectivity index (χ0) is 22.2. The topological polar surface area (TPSA) is 30.5 Å². The van der Waals surface area contributed by atoms with Gasteiger partial charge in [-0.2, -0.15) is 0 Å². The molecule has 0 saturated heterocycles. The van der Waals surface area contributed by atoms with Gasteiger partial charge in [-0.25, -0.2) is 4.39 Å². The molecule has 4 aliphatic rings. The highest BCUT2D eigenvalue weighted by molar-refractivity contribution is 9.10. The van der Waals surface area contributed by atoms with Gasteiger partial charge < -0.3 is 14.8 Å². The molecule has 4 saturated carbocycles. The van der Waals surface area contributed by atoms with Gasteiger partial charge in [0.25, 0.3) is 0 Å². The van der Waals surface area contributed by atoms with Gasteiger partial charge in [-0.3, -0.25) is 0 Å². The van der Waals surface area contributed by atoms with Crippen LogP contribution >= 0.6 is 27.5 Å². The first kappa shape index (κ1) is 22.5. The van der Waals surface area contributed by atoms with Gasteiger partial charge in [0.05, 0.1) is 11.6 Å². The minimum atomic E-state index is -0.354. The first-order valence-electron chi connectivity index (χ1n) is 11.8. The van der Waals surface area contributed by atoms with E-state index < -0.39 is 0 Å². The van der Waals surface area contributed by atoms with Crippen molar-refractivity contribution in [1.82, 2.24) is 5.32 Å². The van der Waals surface area contributed by atoms with Crippen LogP contribution in [0.4, 0.5) is 4.39 Å². The van der Waals surface area contributed by atoms with Gasteiger partial charge in [0.15, 0.2) is 11.5 Å². The molecule has 1 N–H and O–H groups in total. The third-order valence-electron chi connectivity index (χ3n) is 7.57. The summed E-state index contributed by atoms with van der Waals surface area (Å²) >= 11 is 9.89. The molecule has 2 aromatic rings. The van der Waals surface area contributed by atoms with Gasteiger partial charge in [-0.15, -0.1) is 0 Å². The number of rotatable bonds is 8. The Morgan fingerprint density at radius 1 is 0.969 bits per heavy atom. The third kappa shape index (κ3) is 4.67. The Morgan fingerprint density at radius 3 is 2.31 bits per heavy atom. The van der Waals surface area contributed by atoms with Crippen molar-refractivity contribution in [3.05, 3.63) is 56.8 Å². The molecule has 172 valence electrons. The van der Waals surface area contributed by atoms with Crippen molar-refractivity contribution in [2.45, 2.75) is 58.2 Å². The number of halogens is 3. The average Bonchev–Trinajstić information content (AvgIpc) is 2.74. The number of hydrogen-bond acceptors (Lipinski definition) is 3. The highest BCUT2D eigenvalue weighted by atomic mass is 79.9. The van der Waals surface area contributed by atoms with Crippen LogP contribution in [-0.2, 0) is 13.2 Å². The number of ether oxygens (including phenoxy) is 2. The number of nitrogens with one attached hydrogen (secondary N) is 1. The van der Waals surface area contributed by atoms with E-state index in [1.807, 2.05) is 13.0 Å². The highest BCUT2D eigenvalue weighted by Gasteiger charge is 2.47. The quantitative estimate of drug-likeness (QED) is 0.400. The number of benzene rings is 2. The third-order valence-corrected chi connectivity index (χ3v) is 8.66. The molecule has 0 heterocycles. The predicted molar refractivity (Wildman–Crippen MR) is 129 cm³/mol. The van der Waals surface area contributed by atoms with Gasteiger partial charge in [0.2, 0.25) is 0 Å². The number of hydrogen-bond donors (Lipinski definition) is 1. The van der Waals surface area contributed by atoms with Crippen LogP contribution in [0.15, 0.2) is 34.8 Å². The fraction of sp³-hybridized carbons (Fsp3) is 0.538. The summed E-state index contributed by atoms with van der Waals surface area (Å²) in [6.07, 6.45) is 7.13. The fourth-order valence-electron chi connectivity index (χ4n) is 6.37. The Labute approximate surface area is 203 Å². The Bertz CT molecular complexity index is 957. The first-order valence-corrected chi connectivity index (χ1v) is 12.9. The van der Waals surface area contributed by atoms with Gasteiger partial charge in [-0.05, 0) is 92.5 Å². The van der Waals surface area contributed by atoms with E-state index in [0.29, 0.717) is 23.4 Å².